The van der Waals surface area contributed by atoms with E-state index in [0.717, 1.165) is 31.1 Å². The van der Waals surface area contributed by atoms with E-state index in [9.17, 15) is 4.79 Å². The Balaban J connectivity index is 2.00. The van der Waals surface area contributed by atoms with Gasteiger partial charge < -0.3 is 26.0 Å². The molecular formula is C20H33N5O2. The van der Waals surface area contributed by atoms with Crippen LogP contribution >= 0.6 is 0 Å². The SMILES string of the molecule is CCNC(=NCC(C)(C)c1cccc(OC)c1)NC1CCN(C(N)=O)CC1. The van der Waals surface area contributed by atoms with E-state index in [2.05, 4.69) is 43.5 Å². The van der Waals surface area contributed by atoms with Crippen LogP contribution in [0.4, 0.5) is 4.79 Å². The average Bonchev–Trinajstić information content (AvgIpc) is 2.67. The summed E-state index contributed by atoms with van der Waals surface area (Å²) in [4.78, 5) is 17.8. The van der Waals surface area contributed by atoms with E-state index >= 15 is 0 Å². The Morgan fingerprint density at radius 1 is 1.37 bits per heavy atom. The van der Waals surface area contributed by atoms with Gasteiger partial charge in [-0.1, -0.05) is 26.0 Å². The summed E-state index contributed by atoms with van der Waals surface area (Å²) in [6.45, 7) is 9.23. The molecule has 1 heterocycles. The maximum Gasteiger partial charge on any atom is 0.314 e. The Labute approximate surface area is 162 Å². The van der Waals surface area contributed by atoms with Crippen LogP contribution in [-0.4, -0.2) is 56.2 Å². The van der Waals surface area contributed by atoms with Crippen LogP contribution in [0, 0.1) is 0 Å². The third-order valence-corrected chi connectivity index (χ3v) is 4.98. The average molecular weight is 376 g/mol. The highest BCUT2D eigenvalue weighted by atomic mass is 16.5. The predicted octanol–water partition coefficient (Wildman–Crippen LogP) is 2.07. The van der Waals surface area contributed by atoms with Crippen LogP contribution in [0.2, 0.25) is 0 Å². The van der Waals surface area contributed by atoms with E-state index in [-0.39, 0.29) is 11.4 Å². The Morgan fingerprint density at radius 2 is 2.07 bits per heavy atom. The van der Waals surface area contributed by atoms with Crippen LogP contribution in [0.1, 0.15) is 39.2 Å². The molecule has 0 spiro atoms. The van der Waals surface area contributed by atoms with Crippen molar-refractivity contribution in [2.75, 3.05) is 33.3 Å². The number of urea groups is 1. The highest BCUT2D eigenvalue weighted by molar-refractivity contribution is 5.80. The third kappa shape index (κ3) is 6.05. The minimum Gasteiger partial charge on any atom is -0.497 e. The summed E-state index contributed by atoms with van der Waals surface area (Å²) in [5, 5.41) is 6.82. The number of benzene rings is 1. The lowest BCUT2D eigenvalue weighted by molar-refractivity contribution is 0.188. The third-order valence-electron chi connectivity index (χ3n) is 4.98. The Kier molecular flexibility index (Phi) is 7.33. The van der Waals surface area contributed by atoms with Gasteiger partial charge in [0.2, 0.25) is 0 Å². The van der Waals surface area contributed by atoms with E-state index in [1.807, 2.05) is 12.1 Å². The van der Waals surface area contributed by atoms with E-state index in [4.69, 9.17) is 15.5 Å². The van der Waals surface area contributed by atoms with Crippen LogP contribution in [0.15, 0.2) is 29.3 Å². The molecule has 7 nitrogen and oxygen atoms in total. The number of hydrogen-bond acceptors (Lipinski definition) is 3. The molecule has 0 bridgehead atoms. The van der Waals surface area contributed by atoms with Crippen LogP contribution in [-0.2, 0) is 5.41 Å². The fourth-order valence-electron chi connectivity index (χ4n) is 3.17. The Hall–Kier alpha value is -2.44. The highest BCUT2D eigenvalue weighted by Gasteiger charge is 2.23. The molecular weight excluding hydrogens is 342 g/mol. The quantitative estimate of drug-likeness (QED) is 0.524. The molecule has 7 heteroatoms. The van der Waals surface area contributed by atoms with E-state index in [1.54, 1.807) is 12.0 Å². The van der Waals surface area contributed by atoms with Crippen molar-refractivity contribution < 1.29 is 9.53 Å². The zero-order chi connectivity index (χ0) is 19.9. The second-order valence-corrected chi connectivity index (χ2v) is 7.55. The second kappa shape index (κ2) is 9.48. The van der Waals surface area contributed by atoms with E-state index < -0.39 is 0 Å². The number of nitrogens with two attached hydrogens (primary N) is 1. The number of carbonyl (C=O) groups excluding carboxylic acids is 1. The van der Waals surface area contributed by atoms with Gasteiger partial charge in [0.1, 0.15) is 5.75 Å². The molecule has 1 aromatic rings. The number of hydrogen-bond donors (Lipinski definition) is 3. The van der Waals surface area contributed by atoms with Crippen molar-refractivity contribution in [1.29, 1.82) is 0 Å². The lowest BCUT2D eigenvalue weighted by Gasteiger charge is -2.32. The molecule has 0 radical (unpaired) electrons. The number of aliphatic imine (C=N–C) groups is 1. The topological polar surface area (TPSA) is 92.0 Å². The van der Waals surface area contributed by atoms with Crippen molar-refractivity contribution >= 4 is 12.0 Å². The number of piperidine rings is 1. The molecule has 1 aromatic carbocycles. The predicted molar refractivity (Wildman–Crippen MR) is 109 cm³/mol. The summed E-state index contributed by atoms with van der Waals surface area (Å²) < 4.78 is 5.34. The number of ether oxygens (including phenoxy) is 1. The van der Waals surface area contributed by atoms with E-state index in [1.165, 1.54) is 5.56 Å². The molecule has 1 fully saturated rings. The lowest BCUT2D eigenvalue weighted by Crippen LogP contribution is -2.51. The molecule has 150 valence electrons. The fourth-order valence-corrected chi connectivity index (χ4v) is 3.17. The van der Waals surface area contributed by atoms with Crippen molar-refractivity contribution in [3.05, 3.63) is 29.8 Å². The zero-order valence-corrected chi connectivity index (χ0v) is 16.9. The highest BCUT2D eigenvalue weighted by Crippen LogP contribution is 2.26. The summed E-state index contributed by atoms with van der Waals surface area (Å²) in [5.74, 6) is 1.67. The first-order chi connectivity index (χ1) is 12.9. The van der Waals surface area contributed by atoms with Gasteiger partial charge in [-0.25, -0.2) is 4.79 Å². The summed E-state index contributed by atoms with van der Waals surface area (Å²) in [7, 11) is 1.68. The maximum absolute atomic E-state index is 11.3. The molecule has 1 aliphatic heterocycles. The smallest absolute Gasteiger partial charge is 0.314 e. The number of nitrogens with zero attached hydrogens (tertiary/aromatic N) is 2. The van der Waals surface area contributed by atoms with Gasteiger partial charge in [-0.15, -0.1) is 0 Å². The van der Waals surface area contributed by atoms with Crippen molar-refractivity contribution in [3.8, 4) is 5.75 Å². The number of amides is 2. The number of guanidine groups is 1. The van der Waals surface area contributed by atoms with Gasteiger partial charge in [0.05, 0.1) is 13.7 Å². The zero-order valence-electron chi connectivity index (χ0n) is 16.9. The number of likely N-dealkylation sites (tertiary alicyclic amines) is 1. The van der Waals surface area contributed by atoms with Crippen LogP contribution in [0.25, 0.3) is 0 Å². The number of carbonyl (C=O) groups is 1. The van der Waals surface area contributed by atoms with Crippen molar-refractivity contribution in [3.63, 3.8) is 0 Å². The lowest BCUT2D eigenvalue weighted by atomic mass is 9.84. The van der Waals surface area contributed by atoms with Crippen molar-refractivity contribution in [2.24, 2.45) is 10.7 Å². The molecule has 1 saturated heterocycles. The molecule has 0 saturated carbocycles. The standard InChI is InChI=1S/C20H33N5O2/c1-5-22-19(24-16-9-11-25(12-10-16)18(21)26)23-14-20(2,3)15-7-6-8-17(13-15)27-4/h6-8,13,16H,5,9-12,14H2,1-4H3,(H2,21,26)(H2,22,23,24). The maximum atomic E-state index is 11.3. The largest absolute Gasteiger partial charge is 0.497 e. The van der Waals surface area contributed by atoms with Crippen LogP contribution in [0.3, 0.4) is 0 Å². The summed E-state index contributed by atoms with van der Waals surface area (Å²) in [6.07, 6.45) is 1.74. The molecule has 27 heavy (non-hydrogen) atoms. The minimum atomic E-state index is -0.339. The first kappa shape index (κ1) is 20.9. The summed E-state index contributed by atoms with van der Waals surface area (Å²) in [6, 6.07) is 8.09. The molecule has 4 N–H and O–H groups in total. The van der Waals surface area contributed by atoms with Gasteiger partial charge >= 0.3 is 6.03 Å². The molecule has 2 rings (SSSR count). The van der Waals surface area contributed by atoms with Crippen molar-refractivity contribution in [2.45, 2.75) is 45.1 Å². The number of rotatable bonds is 6. The summed E-state index contributed by atoms with van der Waals surface area (Å²) in [5.41, 5.74) is 6.43. The number of nitrogens with one attached hydrogen (secondary N) is 2. The number of primary amides is 1. The van der Waals surface area contributed by atoms with Gasteiger partial charge in [0.25, 0.3) is 0 Å². The van der Waals surface area contributed by atoms with Gasteiger partial charge in [-0.3, -0.25) is 4.99 Å². The molecule has 0 aliphatic carbocycles. The second-order valence-electron chi connectivity index (χ2n) is 7.55. The molecule has 1 aliphatic rings. The monoisotopic (exact) mass is 375 g/mol. The first-order valence-electron chi connectivity index (χ1n) is 9.59. The first-order valence-corrected chi connectivity index (χ1v) is 9.59. The van der Waals surface area contributed by atoms with Crippen molar-refractivity contribution in [1.82, 2.24) is 15.5 Å². The minimum absolute atomic E-state index is 0.119. The normalized spacial score (nSPS) is 16.1. The molecule has 0 unspecified atom stereocenters. The number of methoxy groups -OCH3 is 1. The van der Waals surface area contributed by atoms with Gasteiger partial charge in [0.15, 0.2) is 5.96 Å². The molecule has 0 aromatic heterocycles. The van der Waals surface area contributed by atoms with Crippen LogP contribution < -0.4 is 21.1 Å². The Bertz CT molecular complexity index is 652. The Morgan fingerprint density at radius 3 is 2.67 bits per heavy atom. The molecule has 2 amide bonds. The molecule has 0 atom stereocenters. The van der Waals surface area contributed by atoms with Crippen LogP contribution in [0.5, 0.6) is 5.75 Å². The van der Waals surface area contributed by atoms with Gasteiger partial charge in [-0.2, -0.15) is 0 Å². The summed E-state index contributed by atoms with van der Waals surface area (Å²) >= 11 is 0. The van der Waals surface area contributed by atoms with E-state index in [0.29, 0.717) is 25.7 Å². The fraction of sp³-hybridized carbons (Fsp3) is 0.600. The van der Waals surface area contributed by atoms with Gasteiger partial charge in [0, 0.05) is 31.1 Å². The van der Waals surface area contributed by atoms with Gasteiger partial charge in [-0.05, 0) is 37.5 Å².